The maximum atomic E-state index is 11.4. The molecule has 0 fully saturated rings. The van der Waals surface area contributed by atoms with Crippen molar-refractivity contribution in [3.05, 3.63) is 59.7 Å². The van der Waals surface area contributed by atoms with Crippen LogP contribution in [0.25, 0.3) is 0 Å². The van der Waals surface area contributed by atoms with Gasteiger partial charge in [0.1, 0.15) is 0 Å². The molecule has 0 unspecified atom stereocenters. The van der Waals surface area contributed by atoms with Gasteiger partial charge in [-0.1, -0.05) is 151 Å². The van der Waals surface area contributed by atoms with Gasteiger partial charge in [-0.15, -0.1) is 11.5 Å². The SMILES string of the molecule is CCCCCCCCCc1ccccc1[O-].CCCCCCCCCc1ccccc1[O-].[Mg+2]. The molecule has 0 spiro atoms. The van der Waals surface area contributed by atoms with Gasteiger partial charge in [0.05, 0.1) is 0 Å². The summed E-state index contributed by atoms with van der Waals surface area (Å²) in [6.07, 6.45) is 20.2. The van der Waals surface area contributed by atoms with E-state index in [0.29, 0.717) is 0 Å². The van der Waals surface area contributed by atoms with E-state index in [1.807, 2.05) is 36.4 Å². The zero-order valence-corrected chi connectivity index (χ0v) is 22.9. The van der Waals surface area contributed by atoms with E-state index in [0.717, 1.165) is 36.8 Å². The van der Waals surface area contributed by atoms with E-state index in [-0.39, 0.29) is 34.6 Å². The predicted molar refractivity (Wildman–Crippen MR) is 141 cm³/mol. The van der Waals surface area contributed by atoms with Crippen LogP contribution in [-0.2, 0) is 12.8 Å². The van der Waals surface area contributed by atoms with Crippen molar-refractivity contribution >= 4 is 23.1 Å². The fourth-order valence-electron chi connectivity index (χ4n) is 3.97. The van der Waals surface area contributed by atoms with Gasteiger partial charge in [-0.2, -0.15) is 0 Å². The molecule has 0 aromatic heterocycles. The van der Waals surface area contributed by atoms with E-state index in [4.69, 9.17) is 0 Å². The molecule has 0 aliphatic carbocycles. The fraction of sp³-hybridized carbons (Fsp3) is 0.600. The predicted octanol–water partition coefficient (Wildman–Crippen LogP) is 7.73. The second kappa shape index (κ2) is 22.6. The molecular weight excluding hydrogens is 417 g/mol. The standard InChI is InChI=1S/2C15H24O.Mg/c2*1-2-3-4-5-6-7-8-11-14-12-9-10-13-15(14)16;/h2*9-10,12-13,16H,2-8,11H2,1H3;/q;;+2/p-2. The molecule has 0 bridgehead atoms. The average molecular weight is 463 g/mol. The van der Waals surface area contributed by atoms with Crippen molar-refractivity contribution in [2.75, 3.05) is 0 Å². The normalized spacial score (nSPS) is 10.2. The minimum absolute atomic E-state index is 0. The van der Waals surface area contributed by atoms with Gasteiger partial charge in [0.2, 0.25) is 0 Å². The number of hydrogen-bond donors (Lipinski definition) is 0. The number of aryl methyl sites for hydroxylation is 2. The fourth-order valence-corrected chi connectivity index (χ4v) is 3.97. The summed E-state index contributed by atoms with van der Waals surface area (Å²) in [6.45, 7) is 4.48. The van der Waals surface area contributed by atoms with Crippen LogP contribution in [0.2, 0.25) is 0 Å². The Hall–Kier alpha value is -1.19. The van der Waals surface area contributed by atoms with Crippen LogP contribution in [0.3, 0.4) is 0 Å². The molecule has 0 saturated heterocycles. The van der Waals surface area contributed by atoms with Crippen LogP contribution in [-0.4, -0.2) is 23.1 Å². The Morgan fingerprint density at radius 1 is 0.455 bits per heavy atom. The first-order valence-electron chi connectivity index (χ1n) is 13.2. The van der Waals surface area contributed by atoms with Crippen molar-refractivity contribution in [1.82, 2.24) is 0 Å². The largest absolute Gasteiger partial charge is 2.00 e. The van der Waals surface area contributed by atoms with Crippen molar-refractivity contribution in [2.45, 2.75) is 117 Å². The third kappa shape index (κ3) is 17.0. The molecule has 0 radical (unpaired) electrons. The smallest absolute Gasteiger partial charge is 0.872 e. The van der Waals surface area contributed by atoms with Crippen LogP contribution in [0.1, 0.15) is 115 Å². The number of unbranched alkanes of at least 4 members (excludes halogenated alkanes) is 12. The Morgan fingerprint density at radius 3 is 1.09 bits per heavy atom. The summed E-state index contributed by atoms with van der Waals surface area (Å²) in [6, 6.07) is 14.8. The van der Waals surface area contributed by atoms with Gasteiger partial charge in [0.15, 0.2) is 0 Å². The first-order chi connectivity index (χ1) is 15.7. The Balaban J connectivity index is 0.000000602. The van der Waals surface area contributed by atoms with Crippen LogP contribution >= 0.6 is 0 Å². The molecule has 2 rings (SSSR count). The van der Waals surface area contributed by atoms with Gasteiger partial charge in [-0.3, -0.25) is 0 Å². The first kappa shape index (κ1) is 31.8. The monoisotopic (exact) mass is 462 g/mol. The number of benzene rings is 2. The molecule has 0 heterocycles. The minimum Gasteiger partial charge on any atom is -0.872 e. The quantitative estimate of drug-likeness (QED) is 0.189. The van der Waals surface area contributed by atoms with E-state index in [1.54, 1.807) is 12.1 Å². The van der Waals surface area contributed by atoms with Gasteiger partial charge in [0.25, 0.3) is 0 Å². The summed E-state index contributed by atoms with van der Waals surface area (Å²) in [5.74, 6) is 0.405. The van der Waals surface area contributed by atoms with Crippen molar-refractivity contribution in [2.24, 2.45) is 0 Å². The molecule has 0 amide bonds. The van der Waals surface area contributed by atoms with Gasteiger partial charge in [-0.05, 0) is 25.7 Å². The third-order valence-electron chi connectivity index (χ3n) is 6.04. The molecule has 0 atom stereocenters. The molecule has 2 aromatic rings. The number of hydrogen-bond acceptors (Lipinski definition) is 2. The van der Waals surface area contributed by atoms with Crippen molar-refractivity contribution in [3.63, 3.8) is 0 Å². The van der Waals surface area contributed by atoms with Crippen LogP contribution in [0.5, 0.6) is 11.5 Å². The van der Waals surface area contributed by atoms with Crippen LogP contribution in [0, 0.1) is 0 Å². The third-order valence-corrected chi connectivity index (χ3v) is 6.04. The molecule has 0 aliphatic rings. The van der Waals surface area contributed by atoms with Gasteiger partial charge in [0, 0.05) is 0 Å². The molecule has 0 N–H and O–H groups in total. The van der Waals surface area contributed by atoms with Gasteiger partial charge < -0.3 is 10.2 Å². The Kier molecular flexibility index (Phi) is 21.8. The Bertz CT molecular complexity index is 627. The molecule has 180 valence electrons. The topological polar surface area (TPSA) is 46.1 Å². The summed E-state index contributed by atoms with van der Waals surface area (Å²) >= 11 is 0. The van der Waals surface area contributed by atoms with Crippen molar-refractivity contribution < 1.29 is 10.2 Å². The maximum absolute atomic E-state index is 11.4. The first-order valence-corrected chi connectivity index (χ1v) is 13.2. The number of rotatable bonds is 16. The zero-order valence-electron chi connectivity index (χ0n) is 21.5. The Morgan fingerprint density at radius 2 is 0.758 bits per heavy atom. The van der Waals surface area contributed by atoms with Crippen LogP contribution in [0.4, 0.5) is 0 Å². The van der Waals surface area contributed by atoms with Crippen LogP contribution in [0.15, 0.2) is 48.5 Å². The average Bonchev–Trinajstić information content (AvgIpc) is 2.80. The van der Waals surface area contributed by atoms with E-state index >= 15 is 0 Å². The van der Waals surface area contributed by atoms with Crippen molar-refractivity contribution in [1.29, 1.82) is 0 Å². The molecular formula is C30H46MgO2. The summed E-state index contributed by atoms with van der Waals surface area (Å²) < 4.78 is 0. The van der Waals surface area contributed by atoms with E-state index in [9.17, 15) is 10.2 Å². The summed E-state index contributed by atoms with van der Waals surface area (Å²) in [5.41, 5.74) is 1.96. The second-order valence-corrected chi connectivity index (χ2v) is 8.96. The molecule has 2 nitrogen and oxygen atoms in total. The molecule has 2 aromatic carbocycles. The summed E-state index contributed by atoms with van der Waals surface area (Å²) in [7, 11) is 0. The van der Waals surface area contributed by atoms with E-state index < -0.39 is 0 Å². The van der Waals surface area contributed by atoms with Crippen molar-refractivity contribution in [3.8, 4) is 11.5 Å². The molecule has 3 heteroatoms. The molecule has 0 aliphatic heterocycles. The zero-order chi connectivity index (χ0) is 23.3. The summed E-state index contributed by atoms with van der Waals surface area (Å²) in [4.78, 5) is 0. The van der Waals surface area contributed by atoms with E-state index in [1.165, 1.54) is 77.0 Å². The second-order valence-electron chi connectivity index (χ2n) is 8.96. The summed E-state index contributed by atoms with van der Waals surface area (Å²) in [5, 5.41) is 22.8. The minimum atomic E-state index is 0. The maximum Gasteiger partial charge on any atom is 2.00 e. The van der Waals surface area contributed by atoms with Crippen LogP contribution < -0.4 is 10.2 Å². The van der Waals surface area contributed by atoms with Gasteiger partial charge >= 0.3 is 23.1 Å². The number of para-hydroxylation sites is 2. The van der Waals surface area contributed by atoms with E-state index in [2.05, 4.69) is 13.8 Å². The molecule has 33 heavy (non-hydrogen) atoms. The van der Waals surface area contributed by atoms with Gasteiger partial charge in [-0.25, -0.2) is 0 Å². The molecule has 0 saturated carbocycles. The Labute approximate surface area is 220 Å².